The molecule has 4 bridgehead atoms. The van der Waals surface area contributed by atoms with Crippen LogP contribution in [0, 0.1) is 26.1 Å². The van der Waals surface area contributed by atoms with Gasteiger partial charge in [-0.3, -0.25) is 0 Å². The highest BCUT2D eigenvalue weighted by Gasteiger charge is 2.60. The van der Waals surface area contributed by atoms with E-state index in [1.807, 2.05) is 0 Å². The fourth-order valence-electron chi connectivity index (χ4n) is 6.51. The van der Waals surface area contributed by atoms with E-state index in [0.29, 0.717) is 20.1 Å². The molecule has 2 atom stereocenters. The molecule has 4 saturated carbocycles. The Morgan fingerprint density at radius 2 is 1.79 bits per heavy atom. The van der Waals surface area contributed by atoms with Crippen molar-refractivity contribution in [1.29, 1.82) is 0 Å². The zero-order chi connectivity index (χ0) is 13.3. The van der Waals surface area contributed by atoms with E-state index in [9.17, 15) is 0 Å². The molecule has 5 rings (SSSR count). The van der Waals surface area contributed by atoms with Crippen LogP contribution in [0.25, 0.3) is 0 Å². The normalized spacial score (nSPS) is 47.8. The van der Waals surface area contributed by atoms with Gasteiger partial charge in [-0.05, 0) is 60.7 Å². The van der Waals surface area contributed by atoms with Crippen LogP contribution in [0.5, 0.6) is 0 Å². The van der Waals surface area contributed by atoms with Gasteiger partial charge in [-0.15, -0.1) is 10.2 Å². The van der Waals surface area contributed by atoms with Gasteiger partial charge in [-0.2, -0.15) is 0 Å². The van der Waals surface area contributed by atoms with Gasteiger partial charge in [-0.1, -0.05) is 13.8 Å². The molecule has 0 N–H and O–H groups in total. The molecule has 0 aliphatic heterocycles. The highest BCUT2D eigenvalue weighted by Crippen LogP contribution is 2.70. The largest absolute Gasteiger partial charge is 0.416 e. The van der Waals surface area contributed by atoms with Gasteiger partial charge >= 0.3 is 0 Å². The van der Waals surface area contributed by atoms with E-state index in [0.717, 1.165) is 18.2 Å². The molecule has 1 heterocycles. The van der Waals surface area contributed by atoms with E-state index in [1.165, 1.54) is 38.5 Å². The van der Waals surface area contributed by atoms with E-state index in [1.54, 1.807) is 0 Å². The van der Waals surface area contributed by atoms with Crippen molar-refractivity contribution < 1.29 is 4.42 Å². The number of hydrogen-bond donors (Lipinski definition) is 0. The quantitative estimate of drug-likeness (QED) is 0.730. The monoisotopic (exact) mass is 372 g/mol. The first kappa shape index (κ1) is 12.6. The summed E-state index contributed by atoms with van der Waals surface area (Å²) in [6.07, 6.45) is 9.45. The molecular weight excluding hydrogens is 351 g/mol. The van der Waals surface area contributed by atoms with Crippen molar-refractivity contribution in [1.82, 2.24) is 10.2 Å². The average molecular weight is 372 g/mol. The van der Waals surface area contributed by atoms with Crippen LogP contribution in [0.4, 0.5) is 0 Å². The molecule has 1 aromatic rings. The molecule has 3 nitrogen and oxygen atoms in total. The number of aromatic nitrogens is 2. The maximum absolute atomic E-state index is 5.65. The molecule has 0 radical (unpaired) electrons. The van der Waals surface area contributed by atoms with E-state index in [-0.39, 0.29) is 0 Å². The molecule has 0 aromatic carbocycles. The Bertz CT molecular complexity index is 508. The van der Waals surface area contributed by atoms with E-state index >= 15 is 0 Å². The van der Waals surface area contributed by atoms with Crippen LogP contribution in [0.1, 0.15) is 58.3 Å². The molecule has 0 spiro atoms. The predicted molar refractivity (Wildman–Crippen MR) is 80.6 cm³/mol. The van der Waals surface area contributed by atoms with Crippen molar-refractivity contribution in [3.05, 3.63) is 9.79 Å². The Morgan fingerprint density at radius 3 is 2.32 bits per heavy atom. The predicted octanol–water partition coefficient (Wildman–Crippen LogP) is 4.21. The highest BCUT2D eigenvalue weighted by molar-refractivity contribution is 14.1. The minimum Gasteiger partial charge on any atom is -0.416 e. The average Bonchev–Trinajstić information content (AvgIpc) is 2.56. The first-order valence-electron chi connectivity index (χ1n) is 7.36. The van der Waals surface area contributed by atoms with Crippen LogP contribution in [0.3, 0.4) is 0 Å². The van der Waals surface area contributed by atoms with Crippen molar-refractivity contribution in [3.8, 4) is 0 Å². The Kier molecular flexibility index (Phi) is 2.48. The SMILES string of the molecule is CC12CC3CC(C)(C1)CC(Cc1nnc(I)o1)(C3)C2. The van der Waals surface area contributed by atoms with Gasteiger partial charge in [0.2, 0.25) is 5.89 Å². The number of rotatable bonds is 2. The molecule has 4 fully saturated rings. The van der Waals surface area contributed by atoms with Gasteiger partial charge in [0.25, 0.3) is 3.90 Å². The highest BCUT2D eigenvalue weighted by atomic mass is 127. The first-order chi connectivity index (χ1) is 8.88. The molecule has 104 valence electrons. The topological polar surface area (TPSA) is 38.9 Å². The molecule has 0 amide bonds. The van der Waals surface area contributed by atoms with Crippen LogP contribution in [-0.2, 0) is 6.42 Å². The van der Waals surface area contributed by atoms with E-state index in [2.05, 4.69) is 46.6 Å². The van der Waals surface area contributed by atoms with E-state index < -0.39 is 0 Å². The van der Waals surface area contributed by atoms with Crippen LogP contribution in [0.15, 0.2) is 4.42 Å². The first-order valence-corrected chi connectivity index (χ1v) is 8.44. The van der Waals surface area contributed by atoms with Gasteiger partial charge in [0.05, 0.1) is 0 Å². The summed E-state index contributed by atoms with van der Waals surface area (Å²) in [4.78, 5) is 0. The number of nitrogens with zero attached hydrogens (tertiary/aromatic N) is 2. The van der Waals surface area contributed by atoms with Gasteiger partial charge in [0.1, 0.15) is 0 Å². The lowest BCUT2D eigenvalue weighted by molar-refractivity contribution is -0.145. The summed E-state index contributed by atoms with van der Waals surface area (Å²) in [5.74, 6) is 1.80. The molecule has 0 saturated heterocycles. The molecule has 1 aromatic heterocycles. The second-order valence-electron chi connectivity index (χ2n) is 8.26. The number of hydrogen-bond acceptors (Lipinski definition) is 3. The van der Waals surface area contributed by atoms with E-state index in [4.69, 9.17) is 4.42 Å². The Hall–Kier alpha value is -0.130. The smallest absolute Gasteiger partial charge is 0.278 e. The van der Waals surface area contributed by atoms with Gasteiger partial charge in [0, 0.05) is 29.0 Å². The van der Waals surface area contributed by atoms with Crippen LogP contribution < -0.4 is 0 Å². The summed E-state index contributed by atoms with van der Waals surface area (Å²) in [5, 5.41) is 8.23. The number of halogens is 1. The summed E-state index contributed by atoms with van der Waals surface area (Å²) in [7, 11) is 0. The maximum Gasteiger partial charge on any atom is 0.278 e. The Morgan fingerprint density at radius 1 is 1.11 bits per heavy atom. The van der Waals surface area contributed by atoms with Crippen molar-refractivity contribution in [3.63, 3.8) is 0 Å². The van der Waals surface area contributed by atoms with Crippen molar-refractivity contribution in [2.45, 2.75) is 58.8 Å². The summed E-state index contributed by atoms with van der Waals surface area (Å²) >= 11 is 2.11. The molecule has 2 unspecified atom stereocenters. The molecule has 19 heavy (non-hydrogen) atoms. The Labute approximate surface area is 128 Å². The second-order valence-corrected chi connectivity index (χ2v) is 9.18. The van der Waals surface area contributed by atoms with Crippen molar-refractivity contribution in [2.24, 2.45) is 22.2 Å². The minimum atomic E-state index is 0.443. The third-order valence-electron chi connectivity index (χ3n) is 5.71. The van der Waals surface area contributed by atoms with Crippen molar-refractivity contribution in [2.75, 3.05) is 0 Å². The third-order valence-corrected chi connectivity index (χ3v) is 6.15. The summed E-state index contributed by atoms with van der Waals surface area (Å²) < 4.78 is 6.33. The standard InChI is InChI=1S/C15H21IN2O/c1-13-3-10-4-14(2,7-13)9-15(5-10,8-13)6-11-17-18-12(16)19-11/h10H,3-9H2,1-2H3. The van der Waals surface area contributed by atoms with Gasteiger partial charge in [-0.25, -0.2) is 0 Å². The lowest BCUT2D eigenvalue weighted by Gasteiger charge is -2.65. The fraction of sp³-hybridized carbons (Fsp3) is 0.867. The van der Waals surface area contributed by atoms with Crippen LogP contribution >= 0.6 is 22.6 Å². The molecular formula is C15H21IN2O. The molecule has 4 heteroatoms. The minimum absolute atomic E-state index is 0.443. The third kappa shape index (κ3) is 2.05. The Balaban J connectivity index is 1.67. The summed E-state index contributed by atoms with van der Waals surface area (Å²) in [5.41, 5.74) is 1.58. The summed E-state index contributed by atoms with van der Waals surface area (Å²) in [6, 6.07) is 0. The second kappa shape index (κ2) is 3.74. The van der Waals surface area contributed by atoms with Gasteiger partial charge < -0.3 is 4.42 Å². The fourth-order valence-corrected chi connectivity index (χ4v) is 6.87. The van der Waals surface area contributed by atoms with Gasteiger partial charge in [0.15, 0.2) is 0 Å². The maximum atomic E-state index is 5.65. The lowest BCUT2D eigenvalue weighted by atomic mass is 9.40. The van der Waals surface area contributed by atoms with Crippen LogP contribution in [-0.4, -0.2) is 10.2 Å². The zero-order valence-electron chi connectivity index (χ0n) is 11.7. The molecule has 4 aliphatic carbocycles. The molecule has 4 aliphatic rings. The van der Waals surface area contributed by atoms with Crippen LogP contribution in [0.2, 0.25) is 0 Å². The zero-order valence-corrected chi connectivity index (χ0v) is 13.9. The van der Waals surface area contributed by atoms with Crippen molar-refractivity contribution >= 4 is 22.6 Å². The lowest BCUT2D eigenvalue weighted by Crippen LogP contribution is -2.55. The summed E-state index contributed by atoms with van der Waals surface area (Å²) in [6.45, 7) is 5.03.